The van der Waals surface area contributed by atoms with Crippen LogP contribution in [0.15, 0.2) is 10.2 Å². The van der Waals surface area contributed by atoms with E-state index in [4.69, 9.17) is 15.6 Å². The molecule has 0 rings (SSSR count). The number of rotatable bonds is 13. The maximum Gasteiger partial charge on any atom is 1.00 e. The van der Waals surface area contributed by atoms with Gasteiger partial charge in [0.1, 0.15) is 0 Å². The Morgan fingerprint density at radius 1 is 1.00 bits per heavy atom. The molecule has 0 bridgehead atoms. The zero-order valence-corrected chi connectivity index (χ0v) is 20.7. The van der Waals surface area contributed by atoms with Crippen LogP contribution in [0.1, 0.15) is 12.8 Å². The van der Waals surface area contributed by atoms with E-state index in [9.17, 15) is 13.0 Å². The first-order valence-electron chi connectivity index (χ1n) is 5.95. The molecule has 0 radical (unpaired) electrons. The summed E-state index contributed by atoms with van der Waals surface area (Å²) < 4.78 is 40.6. The molecule has 4 atom stereocenters. The Morgan fingerprint density at radius 3 is 1.75 bits per heavy atom. The van der Waals surface area contributed by atoms with Crippen LogP contribution in [0.4, 0.5) is 0 Å². The summed E-state index contributed by atoms with van der Waals surface area (Å²) in [6, 6.07) is -1.10. The van der Waals surface area contributed by atoms with Gasteiger partial charge in [-0.2, -0.15) is 0 Å². The molecule has 2 unspecified atom stereocenters. The van der Waals surface area contributed by atoms with E-state index in [1.54, 1.807) is 0 Å². The van der Waals surface area contributed by atoms with Crippen molar-refractivity contribution >= 4 is 43.7 Å². The second-order valence-electron chi connectivity index (χ2n) is 3.90. The Bertz CT molecular complexity index is 435. The van der Waals surface area contributed by atoms with Crippen molar-refractivity contribution in [3.8, 4) is 0 Å². The first-order chi connectivity index (χ1) is 10.5. The zero-order chi connectivity index (χ0) is 16.8. The standard InChI is InChI=1S/C8H16N6O4S4.2Na/c9-13-11-7(5-21(15)16)1-3-19-20-4-2-8(12-14-10)6-22(17)18;;/h7-8H,1-6H2,(H,15,16)(H,17,18);;/q;2*+1/p-1/t7-,8-;;/m0../s1. The van der Waals surface area contributed by atoms with Gasteiger partial charge in [-0.3, -0.25) is 4.21 Å². The van der Waals surface area contributed by atoms with E-state index >= 15 is 0 Å². The molecule has 10 nitrogen and oxygen atoms in total. The molecule has 16 heteroatoms. The maximum atomic E-state index is 10.7. The Kier molecular flexibility index (Phi) is 26.3. The van der Waals surface area contributed by atoms with Crippen LogP contribution in [0, 0.1) is 0 Å². The number of nitrogens with zero attached hydrogens (tertiary/aromatic N) is 6. The van der Waals surface area contributed by atoms with Crippen molar-refractivity contribution in [1.82, 2.24) is 0 Å². The average Bonchev–Trinajstić information content (AvgIpc) is 2.41. The van der Waals surface area contributed by atoms with Crippen molar-refractivity contribution in [2.45, 2.75) is 24.9 Å². The van der Waals surface area contributed by atoms with Crippen molar-refractivity contribution in [1.29, 1.82) is 0 Å². The summed E-state index contributed by atoms with van der Waals surface area (Å²) >= 11 is -4.26. The third-order valence-corrected chi connectivity index (χ3v) is 6.04. The SMILES string of the molecule is [N-]=[N+]=N[C@@H](CCSSCC[C@@H](CS(=O)O)N=[N+]=[N-])CS(=O)[O-].[Na+].[Na+]. The minimum Gasteiger partial charge on any atom is -0.772 e. The van der Waals surface area contributed by atoms with E-state index in [0.717, 1.165) is 0 Å². The molecule has 0 spiro atoms. The molecule has 126 valence electrons. The van der Waals surface area contributed by atoms with Crippen molar-refractivity contribution in [2.24, 2.45) is 10.2 Å². The van der Waals surface area contributed by atoms with E-state index in [1.165, 1.54) is 21.6 Å². The predicted octanol–water partition coefficient (Wildman–Crippen LogP) is -3.39. The third kappa shape index (κ3) is 19.9. The molecule has 1 N–H and O–H groups in total. The second kappa shape index (κ2) is 20.8. The molecule has 0 amide bonds. The molecule has 0 aliphatic heterocycles. The number of azide groups is 2. The van der Waals surface area contributed by atoms with Gasteiger partial charge in [-0.05, 0) is 23.9 Å². The van der Waals surface area contributed by atoms with Crippen molar-refractivity contribution in [2.75, 3.05) is 23.0 Å². The van der Waals surface area contributed by atoms with Gasteiger partial charge >= 0.3 is 59.1 Å². The summed E-state index contributed by atoms with van der Waals surface area (Å²) in [4.78, 5) is 5.25. The normalized spacial score (nSPS) is 14.6. The fourth-order valence-electron chi connectivity index (χ4n) is 1.30. The van der Waals surface area contributed by atoms with E-state index in [1.807, 2.05) is 0 Å². The van der Waals surface area contributed by atoms with Crippen molar-refractivity contribution in [3.63, 3.8) is 0 Å². The molecular weight excluding hydrogens is 418 g/mol. The number of hydrogen-bond acceptors (Lipinski definition) is 7. The Hall–Kier alpha value is 1.54. The summed E-state index contributed by atoms with van der Waals surface area (Å²) in [5.74, 6) is 0.926. The van der Waals surface area contributed by atoms with E-state index in [2.05, 4.69) is 20.1 Å². The van der Waals surface area contributed by atoms with Gasteiger partial charge in [0.2, 0.25) is 0 Å². The van der Waals surface area contributed by atoms with Crippen LogP contribution in [0.3, 0.4) is 0 Å². The van der Waals surface area contributed by atoms with E-state index < -0.39 is 34.2 Å². The van der Waals surface area contributed by atoms with Crippen LogP contribution >= 0.6 is 21.6 Å². The monoisotopic (exact) mass is 433 g/mol. The van der Waals surface area contributed by atoms with Crippen LogP contribution < -0.4 is 59.1 Å². The topological polar surface area (TPSA) is 175 Å². The van der Waals surface area contributed by atoms with Crippen LogP contribution in [-0.2, 0) is 22.2 Å². The van der Waals surface area contributed by atoms with Gasteiger partial charge in [-0.15, -0.1) is 0 Å². The van der Waals surface area contributed by atoms with Gasteiger partial charge in [0.15, 0.2) is 11.1 Å². The molecule has 24 heavy (non-hydrogen) atoms. The van der Waals surface area contributed by atoms with Crippen LogP contribution in [-0.4, -0.2) is 52.6 Å². The van der Waals surface area contributed by atoms with Crippen molar-refractivity contribution < 1.29 is 76.6 Å². The van der Waals surface area contributed by atoms with E-state index in [0.29, 0.717) is 24.3 Å². The summed E-state index contributed by atoms with van der Waals surface area (Å²) in [7, 11) is 2.95. The van der Waals surface area contributed by atoms with Gasteiger partial charge in [0.25, 0.3) is 0 Å². The molecule has 0 aromatic rings. The fourth-order valence-corrected chi connectivity index (χ4v) is 4.67. The average molecular weight is 433 g/mol. The minimum atomic E-state index is -2.25. The smallest absolute Gasteiger partial charge is 0.772 e. The van der Waals surface area contributed by atoms with Gasteiger partial charge in [-0.25, -0.2) is 4.21 Å². The largest absolute Gasteiger partial charge is 1.00 e. The van der Waals surface area contributed by atoms with Gasteiger partial charge < -0.3 is 9.11 Å². The van der Waals surface area contributed by atoms with E-state index in [-0.39, 0.29) is 70.6 Å². The molecule has 0 aromatic carbocycles. The van der Waals surface area contributed by atoms with Crippen LogP contribution in [0.2, 0.25) is 0 Å². The van der Waals surface area contributed by atoms with Crippen molar-refractivity contribution in [3.05, 3.63) is 20.9 Å². The zero-order valence-electron chi connectivity index (χ0n) is 13.4. The quantitative estimate of drug-likeness (QED) is 0.0602. The number of hydrogen-bond donors (Lipinski definition) is 1. The molecule has 0 aliphatic rings. The third-order valence-electron chi connectivity index (χ3n) is 2.25. The Labute approximate surface area is 197 Å². The van der Waals surface area contributed by atoms with Gasteiger partial charge in [0, 0.05) is 33.1 Å². The van der Waals surface area contributed by atoms with Gasteiger partial charge in [0.05, 0.1) is 11.8 Å². The van der Waals surface area contributed by atoms with Gasteiger partial charge in [-0.1, -0.05) is 42.9 Å². The summed E-state index contributed by atoms with van der Waals surface area (Å²) in [6.07, 6.45) is 0.911. The fraction of sp³-hybridized carbons (Fsp3) is 1.00. The Balaban J connectivity index is -0.00000220. The first-order valence-corrected chi connectivity index (χ1v) is 11.0. The molecule has 0 fully saturated rings. The summed E-state index contributed by atoms with van der Waals surface area (Å²) in [6.45, 7) is 0. The summed E-state index contributed by atoms with van der Waals surface area (Å²) in [5, 5.41) is 6.86. The molecule has 0 aliphatic carbocycles. The molecule has 0 saturated carbocycles. The molecular formula is C8H15N6Na2O4S4+. The van der Waals surface area contributed by atoms with Crippen LogP contribution in [0.25, 0.3) is 20.9 Å². The summed E-state index contributed by atoms with van der Waals surface area (Å²) in [5.41, 5.74) is 16.7. The maximum absolute atomic E-state index is 10.7. The molecule has 0 aromatic heterocycles. The Morgan fingerprint density at radius 2 is 1.42 bits per heavy atom. The first kappa shape index (κ1) is 30.3. The minimum absolute atomic E-state index is 0. The molecule has 0 heterocycles. The predicted molar refractivity (Wildman–Crippen MR) is 89.4 cm³/mol. The molecule has 0 saturated heterocycles. The van der Waals surface area contributed by atoms with Crippen LogP contribution in [0.5, 0.6) is 0 Å². The second-order valence-corrected chi connectivity index (χ2v) is 8.52.